The Labute approximate surface area is 167 Å². The van der Waals surface area contributed by atoms with E-state index in [2.05, 4.69) is 25.3 Å². The van der Waals surface area contributed by atoms with Gasteiger partial charge in [0.15, 0.2) is 9.84 Å². The van der Waals surface area contributed by atoms with E-state index in [0.717, 1.165) is 5.56 Å². The van der Waals surface area contributed by atoms with Gasteiger partial charge in [0.25, 0.3) is 5.91 Å². The highest BCUT2D eigenvalue weighted by Crippen LogP contribution is 2.30. The van der Waals surface area contributed by atoms with Crippen LogP contribution in [0.15, 0.2) is 37.1 Å². The summed E-state index contributed by atoms with van der Waals surface area (Å²) in [6.07, 6.45) is 6.34. The minimum atomic E-state index is -3.34. The molecule has 0 saturated carbocycles. The van der Waals surface area contributed by atoms with Crippen molar-refractivity contribution >= 4 is 15.7 Å². The van der Waals surface area contributed by atoms with Gasteiger partial charge in [-0.15, -0.1) is 0 Å². The molecule has 2 atom stereocenters. The first-order valence-electron chi connectivity index (χ1n) is 8.92. The Morgan fingerprint density at radius 2 is 2.10 bits per heavy atom. The molecule has 1 aliphatic rings. The summed E-state index contributed by atoms with van der Waals surface area (Å²) in [5.41, 5.74) is 1.60. The van der Waals surface area contributed by atoms with Crippen molar-refractivity contribution < 1.29 is 17.9 Å². The van der Waals surface area contributed by atoms with Crippen molar-refractivity contribution in [3.05, 3.63) is 48.4 Å². The zero-order valence-corrected chi connectivity index (χ0v) is 16.7. The van der Waals surface area contributed by atoms with Gasteiger partial charge >= 0.3 is 0 Å². The van der Waals surface area contributed by atoms with E-state index >= 15 is 0 Å². The molecule has 152 valence electrons. The Kier molecular flexibility index (Phi) is 4.82. The summed E-state index contributed by atoms with van der Waals surface area (Å²) in [7, 11) is -1.82. The molecule has 29 heavy (non-hydrogen) atoms. The summed E-state index contributed by atoms with van der Waals surface area (Å²) in [5, 5.41) is 2.83. The van der Waals surface area contributed by atoms with Gasteiger partial charge < -0.3 is 19.6 Å². The van der Waals surface area contributed by atoms with Gasteiger partial charge in [0.1, 0.15) is 11.5 Å². The molecule has 0 radical (unpaired) electrons. The summed E-state index contributed by atoms with van der Waals surface area (Å²) in [4.78, 5) is 27.9. The van der Waals surface area contributed by atoms with E-state index in [1.165, 1.54) is 13.4 Å². The fourth-order valence-corrected chi connectivity index (χ4v) is 5.43. The monoisotopic (exact) mass is 416 g/mol. The molecule has 1 saturated heterocycles. The number of aromatic amines is 1. The van der Waals surface area contributed by atoms with Gasteiger partial charge in [-0.25, -0.2) is 23.4 Å². The highest BCUT2D eigenvalue weighted by molar-refractivity contribution is 7.91. The van der Waals surface area contributed by atoms with Crippen LogP contribution in [-0.2, 0) is 9.84 Å². The number of hydrogen-bond acceptors (Lipinski definition) is 7. The fraction of sp³-hybridized carbons (Fsp3) is 0.333. The number of pyridine rings is 1. The Morgan fingerprint density at radius 1 is 1.28 bits per heavy atom. The summed E-state index contributed by atoms with van der Waals surface area (Å²) >= 11 is 0. The van der Waals surface area contributed by atoms with Crippen LogP contribution in [-0.4, -0.2) is 63.5 Å². The van der Waals surface area contributed by atoms with Gasteiger partial charge in [-0.3, -0.25) is 4.79 Å². The smallest absolute Gasteiger partial charge is 0.272 e. The molecule has 0 aliphatic carbocycles. The van der Waals surface area contributed by atoms with Gasteiger partial charge in [-0.1, -0.05) is 0 Å². The average Bonchev–Trinajstić information content (AvgIpc) is 3.40. The van der Waals surface area contributed by atoms with Gasteiger partial charge in [0, 0.05) is 35.9 Å². The van der Waals surface area contributed by atoms with Gasteiger partial charge in [-0.2, -0.15) is 0 Å². The van der Waals surface area contributed by atoms with Gasteiger partial charge in [-0.05, 0) is 13.0 Å². The van der Waals surface area contributed by atoms with E-state index in [0.29, 0.717) is 17.4 Å². The van der Waals surface area contributed by atoms with Crippen LogP contribution in [0.1, 0.15) is 22.2 Å². The SMILES string of the molecule is COc1cc(-c2nccn2[C@@H]2CS(=O)(=O)C[C@H]2NC(=O)c2nc[nH]c2C)ccn1. The number of aryl methyl sites for hydroxylation is 1. The van der Waals surface area contributed by atoms with E-state index in [4.69, 9.17) is 4.74 Å². The number of amides is 1. The molecule has 4 heterocycles. The number of hydrogen-bond donors (Lipinski definition) is 2. The number of nitrogens with one attached hydrogen (secondary N) is 2. The first-order chi connectivity index (χ1) is 13.9. The summed E-state index contributed by atoms with van der Waals surface area (Å²) in [5.74, 6) is 0.341. The summed E-state index contributed by atoms with van der Waals surface area (Å²) in [6, 6.07) is 2.38. The van der Waals surface area contributed by atoms with E-state index in [1.807, 2.05) is 0 Å². The number of nitrogens with zero attached hydrogens (tertiary/aromatic N) is 4. The Hall–Kier alpha value is -3.21. The second-order valence-corrected chi connectivity index (χ2v) is 9.00. The molecule has 1 aliphatic heterocycles. The highest BCUT2D eigenvalue weighted by atomic mass is 32.2. The standard InChI is InChI=1S/C18H20N6O4S/c1-11-16(22-10-21-11)18(25)23-13-8-29(26,27)9-14(13)24-6-5-20-17(24)12-3-4-19-15(7-12)28-2/h3-7,10,13-14H,8-9H2,1-2H3,(H,21,22)(H,23,25)/t13-,14-/m1/s1. The number of carbonyl (C=O) groups excluding carboxylic acids is 1. The molecule has 10 nitrogen and oxygen atoms in total. The van der Waals surface area contributed by atoms with Gasteiger partial charge in [0.2, 0.25) is 5.88 Å². The number of carbonyl (C=O) groups is 1. The van der Waals surface area contributed by atoms with Crippen molar-refractivity contribution in [1.82, 2.24) is 29.8 Å². The zero-order chi connectivity index (χ0) is 20.6. The number of aromatic nitrogens is 5. The van der Waals surface area contributed by atoms with Crippen LogP contribution >= 0.6 is 0 Å². The molecule has 11 heteroatoms. The normalized spacial score (nSPS) is 20.5. The Morgan fingerprint density at radius 3 is 2.83 bits per heavy atom. The van der Waals surface area contributed by atoms with Crippen LogP contribution in [0, 0.1) is 6.92 Å². The number of methoxy groups -OCH3 is 1. The third-order valence-electron chi connectivity index (χ3n) is 4.91. The van der Waals surface area contributed by atoms with Crippen LogP contribution in [0.3, 0.4) is 0 Å². The maximum Gasteiger partial charge on any atom is 0.272 e. The van der Waals surface area contributed by atoms with E-state index in [-0.39, 0.29) is 17.2 Å². The fourth-order valence-electron chi connectivity index (χ4n) is 3.53. The molecule has 3 aromatic rings. The molecule has 2 N–H and O–H groups in total. The van der Waals surface area contributed by atoms with Crippen LogP contribution in [0.5, 0.6) is 5.88 Å². The lowest BCUT2D eigenvalue weighted by Gasteiger charge is -2.22. The maximum atomic E-state index is 12.6. The number of rotatable bonds is 5. The number of H-pyrrole nitrogens is 1. The molecule has 0 spiro atoms. The van der Waals surface area contributed by atoms with E-state index < -0.39 is 27.8 Å². The minimum Gasteiger partial charge on any atom is -0.481 e. The van der Waals surface area contributed by atoms with E-state index in [1.54, 1.807) is 42.2 Å². The van der Waals surface area contributed by atoms with Crippen molar-refractivity contribution in [1.29, 1.82) is 0 Å². The molecular formula is C18H20N6O4S. The third-order valence-corrected chi connectivity index (χ3v) is 6.63. The molecule has 0 unspecified atom stereocenters. The molecule has 3 aromatic heterocycles. The lowest BCUT2D eigenvalue weighted by atomic mass is 10.1. The quantitative estimate of drug-likeness (QED) is 0.627. The number of ether oxygens (including phenoxy) is 1. The van der Waals surface area contributed by atoms with Crippen LogP contribution in [0.25, 0.3) is 11.4 Å². The second kappa shape index (κ2) is 7.32. The molecule has 1 amide bonds. The minimum absolute atomic E-state index is 0.0942. The maximum absolute atomic E-state index is 12.6. The first-order valence-corrected chi connectivity index (χ1v) is 10.7. The predicted octanol–water partition coefficient (Wildman–Crippen LogP) is 0.753. The number of imidazole rings is 2. The van der Waals surface area contributed by atoms with Crippen molar-refractivity contribution in [2.45, 2.75) is 19.0 Å². The van der Waals surface area contributed by atoms with Crippen molar-refractivity contribution in [3.8, 4) is 17.3 Å². The Balaban J connectivity index is 1.67. The highest BCUT2D eigenvalue weighted by Gasteiger charge is 2.41. The van der Waals surface area contributed by atoms with Crippen LogP contribution < -0.4 is 10.1 Å². The second-order valence-electron chi connectivity index (χ2n) is 6.85. The molecule has 1 fully saturated rings. The summed E-state index contributed by atoms with van der Waals surface area (Å²) in [6.45, 7) is 1.73. The Bertz CT molecular complexity index is 1150. The molecule has 0 bridgehead atoms. The average molecular weight is 416 g/mol. The van der Waals surface area contributed by atoms with Gasteiger partial charge in [0.05, 0.1) is 37.0 Å². The lowest BCUT2D eigenvalue weighted by Crippen LogP contribution is -2.41. The molecule has 4 rings (SSSR count). The topological polar surface area (TPSA) is 132 Å². The number of sulfone groups is 1. The van der Waals surface area contributed by atoms with E-state index in [9.17, 15) is 13.2 Å². The van der Waals surface area contributed by atoms with Crippen LogP contribution in [0.4, 0.5) is 0 Å². The van der Waals surface area contributed by atoms with Crippen molar-refractivity contribution in [2.75, 3.05) is 18.6 Å². The summed E-state index contributed by atoms with van der Waals surface area (Å²) < 4.78 is 31.7. The lowest BCUT2D eigenvalue weighted by molar-refractivity contribution is 0.0927. The predicted molar refractivity (Wildman–Crippen MR) is 104 cm³/mol. The van der Waals surface area contributed by atoms with Crippen LogP contribution in [0.2, 0.25) is 0 Å². The molecular weight excluding hydrogens is 396 g/mol. The zero-order valence-electron chi connectivity index (χ0n) is 15.9. The largest absolute Gasteiger partial charge is 0.481 e. The van der Waals surface area contributed by atoms with Crippen molar-refractivity contribution in [3.63, 3.8) is 0 Å². The first kappa shape index (κ1) is 19.1. The van der Waals surface area contributed by atoms with Crippen molar-refractivity contribution in [2.24, 2.45) is 0 Å². The molecule has 0 aromatic carbocycles. The third kappa shape index (κ3) is 3.73.